The normalized spacial score (nSPS) is 18.9. The molecule has 0 saturated carbocycles. The number of benzene rings is 1. The summed E-state index contributed by atoms with van der Waals surface area (Å²) >= 11 is 0. The zero-order valence-electron chi connectivity index (χ0n) is 10.2. The molecule has 4 nitrogen and oxygen atoms in total. The summed E-state index contributed by atoms with van der Waals surface area (Å²) in [5, 5.41) is 2.84. The molecule has 2 heterocycles. The number of carbonyl (C=O) groups excluding carboxylic acids is 1. The van der Waals surface area contributed by atoms with Gasteiger partial charge in [0.15, 0.2) is 0 Å². The Kier molecular flexibility index (Phi) is 2.63. The molecule has 1 fully saturated rings. The Balaban J connectivity index is 1.94. The van der Waals surface area contributed by atoms with Crippen LogP contribution in [0.2, 0.25) is 0 Å². The van der Waals surface area contributed by atoms with Crippen molar-refractivity contribution in [3.63, 3.8) is 0 Å². The maximum Gasteiger partial charge on any atom is 0.220 e. The molecule has 1 aliphatic heterocycles. The van der Waals surface area contributed by atoms with E-state index >= 15 is 0 Å². The van der Waals surface area contributed by atoms with Gasteiger partial charge in [-0.3, -0.25) is 4.79 Å². The predicted octanol–water partition coefficient (Wildman–Crippen LogP) is 1.99. The van der Waals surface area contributed by atoms with Crippen LogP contribution in [0, 0.1) is 6.92 Å². The molecule has 0 bridgehead atoms. The number of amides is 1. The van der Waals surface area contributed by atoms with Crippen LogP contribution in [0.1, 0.15) is 23.9 Å². The number of hydrogen-bond donors (Lipinski definition) is 2. The van der Waals surface area contributed by atoms with E-state index in [1.165, 1.54) is 0 Å². The van der Waals surface area contributed by atoms with Crippen molar-refractivity contribution in [2.75, 3.05) is 6.54 Å². The summed E-state index contributed by atoms with van der Waals surface area (Å²) in [7, 11) is 0. The Hall–Kier alpha value is -2.10. The molecule has 4 heteroatoms. The average Bonchev–Trinajstić information content (AvgIpc) is 2.97. The van der Waals surface area contributed by atoms with Gasteiger partial charge < -0.3 is 10.3 Å². The van der Waals surface area contributed by atoms with E-state index in [0.717, 1.165) is 22.8 Å². The van der Waals surface area contributed by atoms with E-state index < -0.39 is 0 Å². The molecule has 1 saturated heterocycles. The van der Waals surface area contributed by atoms with Crippen LogP contribution < -0.4 is 5.32 Å². The quantitative estimate of drug-likeness (QED) is 0.844. The molecule has 1 aromatic carbocycles. The number of hydrogen-bond acceptors (Lipinski definition) is 2. The van der Waals surface area contributed by atoms with Gasteiger partial charge in [0.25, 0.3) is 0 Å². The minimum absolute atomic E-state index is 0.107. The summed E-state index contributed by atoms with van der Waals surface area (Å²) < 4.78 is 0. The molecule has 1 aromatic heterocycles. The standard InChI is InChI=1S/C14H15N3O/c1-9-13(10-5-3-2-4-6-10)17-14(16-9)11-7-12(18)15-8-11/h2-6,11H,7-8H2,1H3,(H,15,18)(H,16,17). The average molecular weight is 241 g/mol. The van der Waals surface area contributed by atoms with Gasteiger partial charge in [0.05, 0.1) is 5.69 Å². The fourth-order valence-corrected chi connectivity index (χ4v) is 2.35. The van der Waals surface area contributed by atoms with Gasteiger partial charge in [0.2, 0.25) is 5.91 Å². The Morgan fingerprint density at radius 3 is 2.72 bits per heavy atom. The largest absolute Gasteiger partial charge is 0.355 e. The lowest BCUT2D eigenvalue weighted by atomic mass is 10.1. The summed E-state index contributed by atoms with van der Waals surface area (Å²) in [4.78, 5) is 19.2. The smallest absolute Gasteiger partial charge is 0.220 e. The van der Waals surface area contributed by atoms with Crippen molar-refractivity contribution in [1.29, 1.82) is 0 Å². The Bertz CT molecular complexity index is 574. The molecule has 2 N–H and O–H groups in total. The highest BCUT2D eigenvalue weighted by atomic mass is 16.1. The maximum atomic E-state index is 11.2. The first-order chi connectivity index (χ1) is 8.74. The molecule has 18 heavy (non-hydrogen) atoms. The molecule has 1 atom stereocenters. The highest BCUT2D eigenvalue weighted by Crippen LogP contribution is 2.26. The number of rotatable bonds is 2. The van der Waals surface area contributed by atoms with E-state index in [1.54, 1.807) is 0 Å². The van der Waals surface area contributed by atoms with Crippen molar-refractivity contribution < 1.29 is 4.79 Å². The lowest BCUT2D eigenvalue weighted by molar-refractivity contribution is -0.119. The molecule has 1 aliphatic rings. The first kappa shape index (κ1) is 11.0. The molecule has 92 valence electrons. The molecule has 1 unspecified atom stereocenters. The van der Waals surface area contributed by atoms with Gasteiger partial charge in [0, 0.05) is 30.1 Å². The lowest BCUT2D eigenvalue weighted by Gasteiger charge is -2.01. The van der Waals surface area contributed by atoms with Crippen molar-refractivity contribution >= 4 is 5.91 Å². The zero-order valence-corrected chi connectivity index (χ0v) is 10.2. The molecule has 2 aromatic rings. The number of imidazole rings is 1. The van der Waals surface area contributed by atoms with Crippen LogP contribution in [0.25, 0.3) is 11.3 Å². The summed E-state index contributed by atoms with van der Waals surface area (Å²) in [5.74, 6) is 1.19. The van der Waals surface area contributed by atoms with Crippen LogP contribution in [0.5, 0.6) is 0 Å². The third-order valence-corrected chi connectivity index (χ3v) is 3.31. The van der Waals surface area contributed by atoms with E-state index in [9.17, 15) is 4.79 Å². The summed E-state index contributed by atoms with van der Waals surface area (Å²) in [6.45, 7) is 2.70. The van der Waals surface area contributed by atoms with Gasteiger partial charge in [-0.1, -0.05) is 30.3 Å². The van der Waals surface area contributed by atoms with E-state index in [-0.39, 0.29) is 11.8 Å². The summed E-state index contributed by atoms with van der Waals surface area (Å²) in [6.07, 6.45) is 0.529. The van der Waals surface area contributed by atoms with Gasteiger partial charge >= 0.3 is 0 Å². The highest BCUT2D eigenvalue weighted by Gasteiger charge is 2.26. The molecule has 0 radical (unpaired) electrons. The van der Waals surface area contributed by atoms with E-state index in [1.807, 2.05) is 37.3 Å². The summed E-state index contributed by atoms with van der Waals surface area (Å²) in [5.41, 5.74) is 3.13. The maximum absolute atomic E-state index is 11.2. The van der Waals surface area contributed by atoms with Crippen molar-refractivity contribution in [2.24, 2.45) is 0 Å². The first-order valence-corrected chi connectivity index (χ1v) is 6.12. The number of aromatic amines is 1. The van der Waals surface area contributed by atoms with Crippen molar-refractivity contribution in [2.45, 2.75) is 19.3 Å². The molecule has 0 aliphatic carbocycles. The van der Waals surface area contributed by atoms with Crippen LogP contribution in [0.3, 0.4) is 0 Å². The molecular formula is C14H15N3O. The number of nitrogens with zero attached hydrogens (tertiary/aromatic N) is 1. The fraction of sp³-hybridized carbons (Fsp3) is 0.286. The molecule has 1 amide bonds. The first-order valence-electron chi connectivity index (χ1n) is 6.12. The monoisotopic (exact) mass is 241 g/mol. The van der Waals surface area contributed by atoms with Crippen LogP contribution >= 0.6 is 0 Å². The SMILES string of the molecule is Cc1[nH]c(C2CNC(=O)C2)nc1-c1ccccc1. The Labute approximate surface area is 105 Å². The molecule has 0 spiro atoms. The predicted molar refractivity (Wildman–Crippen MR) is 69.1 cm³/mol. The van der Waals surface area contributed by atoms with E-state index in [0.29, 0.717) is 13.0 Å². The highest BCUT2D eigenvalue weighted by molar-refractivity contribution is 5.79. The van der Waals surface area contributed by atoms with Gasteiger partial charge in [0.1, 0.15) is 5.82 Å². The number of aryl methyl sites for hydroxylation is 1. The minimum Gasteiger partial charge on any atom is -0.355 e. The third-order valence-electron chi connectivity index (χ3n) is 3.31. The fourth-order valence-electron chi connectivity index (χ4n) is 2.35. The number of nitrogens with one attached hydrogen (secondary N) is 2. The van der Waals surface area contributed by atoms with Gasteiger partial charge in [-0.15, -0.1) is 0 Å². The van der Waals surface area contributed by atoms with Crippen LogP contribution in [0.15, 0.2) is 30.3 Å². The molecule has 3 rings (SSSR count). The van der Waals surface area contributed by atoms with Gasteiger partial charge in [-0.05, 0) is 6.92 Å². The number of H-pyrrole nitrogens is 1. The van der Waals surface area contributed by atoms with Crippen LogP contribution in [0.4, 0.5) is 0 Å². The van der Waals surface area contributed by atoms with Crippen LogP contribution in [-0.2, 0) is 4.79 Å². The molecular weight excluding hydrogens is 226 g/mol. The van der Waals surface area contributed by atoms with Crippen molar-refractivity contribution in [1.82, 2.24) is 15.3 Å². The second-order valence-electron chi connectivity index (χ2n) is 4.67. The van der Waals surface area contributed by atoms with Crippen molar-refractivity contribution in [3.8, 4) is 11.3 Å². The lowest BCUT2D eigenvalue weighted by Crippen LogP contribution is -2.13. The van der Waals surface area contributed by atoms with Gasteiger partial charge in [-0.2, -0.15) is 0 Å². The number of aromatic nitrogens is 2. The Morgan fingerprint density at radius 1 is 1.28 bits per heavy atom. The minimum atomic E-state index is 0.107. The number of carbonyl (C=O) groups is 1. The van der Waals surface area contributed by atoms with Crippen LogP contribution in [-0.4, -0.2) is 22.4 Å². The topological polar surface area (TPSA) is 57.8 Å². The van der Waals surface area contributed by atoms with E-state index in [2.05, 4.69) is 15.3 Å². The Morgan fingerprint density at radius 2 is 2.06 bits per heavy atom. The second-order valence-corrected chi connectivity index (χ2v) is 4.67. The zero-order chi connectivity index (χ0) is 12.5. The van der Waals surface area contributed by atoms with E-state index in [4.69, 9.17) is 0 Å². The third kappa shape index (κ3) is 1.90. The van der Waals surface area contributed by atoms with Gasteiger partial charge in [-0.25, -0.2) is 4.98 Å². The van der Waals surface area contributed by atoms with Crippen molar-refractivity contribution in [3.05, 3.63) is 41.9 Å². The second kappa shape index (κ2) is 4.29. The summed E-state index contributed by atoms with van der Waals surface area (Å²) in [6, 6.07) is 10.1.